The zero-order valence-electron chi connectivity index (χ0n) is 8.73. The van der Waals surface area contributed by atoms with E-state index in [1.54, 1.807) is 13.8 Å². The SMILES string of the molecule is CCOO.CCOO.O=C(O)O.O=C(O)O. The minimum Gasteiger partial charge on any atom is -0.450 e. The van der Waals surface area contributed by atoms with E-state index in [-0.39, 0.29) is 0 Å². The molecular formula is C6H16O10. The molecule has 100 valence electrons. The Morgan fingerprint density at radius 3 is 0.875 bits per heavy atom. The molecule has 10 nitrogen and oxygen atoms in total. The monoisotopic (exact) mass is 248 g/mol. The Labute approximate surface area is 90.8 Å². The van der Waals surface area contributed by atoms with E-state index < -0.39 is 12.3 Å². The molecule has 0 amide bonds. The molecule has 0 spiro atoms. The smallest absolute Gasteiger partial charge is 0.450 e. The first-order valence-electron chi connectivity index (χ1n) is 3.66. The summed E-state index contributed by atoms with van der Waals surface area (Å²) in [4.78, 5) is 24.2. The van der Waals surface area contributed by atoms with Gasteiger partial charge in [0.2, 0.25) is 0 Å². The van der Waals surface area contributed by atoms with Crippen molar-refractivity contribution in [2.45, 2.75) is 13.8 Å². The molecule has 0 unspecified atom stereocenters. The van der Waals surface area contributed by atoms with Gasteiger partial charge >= 0.3 is 12.3 Å². The predicted molar refractivity (Wildman–Crippen MR) is 49.8 cm³/mol. The second-order valence-electron chi connectivity index (χ2n) is 1.40. The van der Waals surface area contributed by atoms with Gasteiger partial charge < -0.3 is 20.4 Å². The van der Waals surface area contributed by atoms with E-state index in [4.69, 9.17) is 40.5 Å². The van der Waals surface area contributed by atoms with Crippen molar-refractivity contribution in [1.29, 1.82) is 0 Å². The molecule has 6 N–H and O–H groups in total. The number of carbonyl (C=O) groups is 2. The van der Waals surface area contributed by atoms with Gasteiger partial charge in [-0.25, -0.2) is 19.4 Å². The van der Waals surface area contributed by atoms with Gasteiger partial charge in [-0.2, -0.15) is 0 Å². The van der Waals surface area contributed by atoms with E-state index in [9.17, 15) is 0 Å². The topological polar surface area (TPSA) is 174 Å². The van der Waals surface area contributed by atoms with E-state index in [1.165, 1.54) is 0 Å². The summed E-state index contributed by atoms with van der Waals surface area (Å²) in [6, 6.07) is 0. The molecule has 0 saturated heterocycles. The van der Waals surface area contributed by atoms with Crippen LogP contribution in [0.25, 0.3) is 0 Å². The third kappa shape index (κ3) is 11100. The van der Waals surface area contributed by atoms with E-state index in [1.807, 2.05) is 0 Å². The Kier molecular flexibility index (Phi) is 43.6. The molecule has 0 saturated carbocycles. The van der Waals surface area contributed by atoms with Crippen LogP contribution in [-0.4, -0.2) is 56.5 Å². The van der Waals surface area contributed by atoms with Crippen molar-refractivity contribution in [3.05, 3.63) is 0 Å². The van der Waals surface area contributed by atoms with Crippen LogP contribution in [0.15, 0.2) is 0 Å². The van der Waals surface area contributed by atoms with Crippen LogP contribution in [0.2, 0.25) is 0 Å². The zero-order chi connectivity index (χ0) is 14.0. The zero-order valence-corrected chi connectivity index (χ0v) is 8.73. The highest BCUT2D eigenvalue weighted by Gasteiger charge is 1.70. The van der Waals surface area contributed by atoms with Gasteiger partial charge in [0.15, 0.2) is 0 Å². The third-order valence-corrected chi connectivity index (χ3v) is 0.258. The molecule has 0 bridgehead atoms. The average Bonchev–Trinajstić information content (AvgIpc) is 2.16. The number of carboxylic acid groups (broad SMARTS) is 4. The highest BCUT2D eigenvalue weighted by molar-refractivity contribution is 5.53. The third-order valence-electron chi connectivity index (χ3n) is 0.258. The van der Waals surface area contributed by atoms with E-state index >= 15 is 0 Å². The van der Waals surface area contributed by atoms with Crippen molar-refractivity contribution in [2.24, 2.45) is 0 Å². The molecule has 0 atom stereocenters. The maximum atomic E-state index is 8.56. The largest absolute Gasteiger partial charge is 0.503 e. The number of hydrogen-bond acceptors (Lipinski definition) is 6. The van der Waals surface area contributed by atoms with Gasteiger partial charge in [-0.1, -0.05) is 0 Å². The van der Waals surface area contributed by atoms with Crippen molar-refractivity contribution in [2.75, 3.05) is 13.2 Å². The van der Waals surface area contributed by atoms with E-state index in [0.717, 1.165) is 0 Å². The summed E-state index contributed by atoms with van der Waals surface area (Å²) in [6.07, 6.45) is -3.67. The Hall–Kier alpha value is -1.62. The highest BCUT2D eigenvalue weighted by atomic mass is 17.1. The molecule has 0 radical (unpaired) electrons. The van der Waals surface area contributed by atoms with Gasteiger partial charge in [-0.3, -0.25) is 10.5 Å². The molecule has 0 rings (SSSR count). The lowest BCUT2D eigenvalue weighted by atomic mass is 10.9. The Balaban J connectivity index is -0.0000000600. The number of rotatable bonds is 2. The first-order chi connectivity index (χ1) is 7.29. The molecule has 0 aliphatic rings. The summed E-state index contributed by atoms with van der Waals surface area (Å²) >= 11 is 0. The summed E-state index contributed by atoms with van der Waals surface area (Å²) in [6.45, 7) is 4.17. The second kappa shape index (κ2) is 29.2. The van der Waals surface area contributed by atoms with Gasteiger partial charge in [0.25, 0.3) is 0 Å². The van der Waals surface area contributed by atoms with Crippen LogP contribution in [0.4, 0.5) is 9.59 Å². The standard InChI is InChI=1S/2C2H6O2.2CH2O3/c2*1-2-4-3;2*2-1(3)4/h2*3H,2H2,1H3;2*(H2,2,3,4). The maximum Gasteiger partial charge on any atom is 0.503 e. The van der Waals surface area contributed by atoms with Gasteiger partial charge in [-0.05, 0) is 13.8 Å². The van der Waals surface area contributed by atoms with Crippen molar-refractivity contribution in [1.82, 2.24) is 0 Å². The summed E-state index contributed by atoms with van der Waals surface area (Å²) in [5, 5.41) is 42.6. The van der Waals surface area contributed by atoms with Gasteiger partial charge in [-0.15, -0.1) is 0 Å². The fourth-order valence-corrected chi connectivity index (χ4v) is 0. The maximum absolute atomic E-state index is 8.56. The van der Waals surface area contributed by atoms with Crippen LogP contribution in [-0.2, 0) is 9.78 Å². The average molecular weight is 248 g/mol. The van der Waals surface area contributed by atoms with Crippen LogP contribution in [0, 0.1) is 0 Å². The van der Waals surface area contributed by atoms with Gasteiger partial charge in [0.1, 0.15) is 0 Å². The van der Waals surface area contributed by atoms with Crippen molar-refractivity contribution < 1.29 is 50.3 Å². The Morgan fingerprint density at radius 2 is 0.875 bits per heavy atom. The van der Waals surface area contributed by atoms with Crippen LogP contribution >= 0.6 is 0 Å². The Bertz CT molecular complexity index is 107. The first-order valence-corrected chi connectivity index (χ1v) is 3.66. The Morgan fingerprint density at radius 1 is 0.812 bits per heavy atom. The van der Waals surface area contributed by atoms with Crippen molar-refractivity contribution >= 4 is 12.3 Å². The quantitative estimate of drug-likeness (QED) is 0.309. The highest BCUT2D eigenvalue weighted by Crippen LogP contribution is 1.51. The molecule has 0 aromatic rings. The summed E-state index contributed by atoms with van der Waals surface area (Å²) in [7, 11) is 0. The second-order valence-corrected chi connectivity index (χ2v) is 1.40. The van der Waals surface area contributed by atoms with Crippen LogP contribution in [0.3, 0.4) is 0 Å². The lowest BCUT2D eigenvalue weighted by molar-refractivity contribution is -0.237. The van der Waals surface area contributed by atoms with E-state index in [2.05, 4.69) is 9.78 Å². The minimum atomic E-state index is -1.83. The van der Waals surface area contributed by atoms with E-state index in [0.29, 0.717) is 13.2 Å². The molecule has 0 aliphatic carbocycles. The molecular weight excluding hydrogens is 232 g/mol. The molecule has 0 fully saturated rings. The molecule has 10 heteroatoms. The van der Waals surface area contributed by atoms with Gasteiger partial charge in [0, 0.05) is 0 Å². The fourth-order valence-electron chi connectivity index (χ4n) is 0. The van der Waals surface area contributed by atoms with Crippen LogP contribution < -0.4 is 0 Å². The molecule has 0 aromatic heterocycles. The first kappa shape index (κ1) is 23.9. The lowest BCUT2D eigenvalue weighted by Crippen LogP contribution is -1.81. The summed E-state index contributed by atoms with van der Waals surface area (Å²) in [5.41, 5.74) is 0. The van der Waals surface area contributed by atoms with Crippen LogP contribution in [0.1, 0.15) is 13.8 Å². The fraction of sp³-hybridized carbons (Fsp3) is 0.667. The predicted octanol–water partition coefficient (Wildman–Crippen LogP) is 1.44. The summed E-state index contributed by atoms with van der Waals surface area (Å²) in [5.74, 6) is 0. The van der Waals surface area contributed by atoms with Crippen molar-refractivity contribution in [3.8, 4) is 0 Å². The minimum absolute atomic E-state index is 0.375. The van der Waals surface area contributed by atoms with Gasteiger partial charge in [0.05, 0.1) is 13.2 Å². The molecule has 0 aliphatic heterocycles. The van der Waals surface area contributed by atoms with Crippen molar-refractivity contribution in [3.63, 3.8) is 0 Å². The number of hydrogen-bond donors (Lipinski definition) is 6. The van der Waals surface area contributed by atoms with Crippen LogP contribution in [0.5, 0.6) is 0 Å². The summed E-state index contributed by atoms with van der Waals surface area (Å²) < 4.78 is 0. The molecule has 16 heavy (non-hydrogen) atoms. The lowest BCUT2D eigenvalue weighted by Gasteiger charge is -1.73. The normalized spacial score (nSPS) is 6.75. The molecule has 0 aromatic carbocycles. The molecule has 0 heterocycles.